The summed E-state index contributed by atoms with van der Waals surface area (Å²) in [5.74, 6) is 1.55. The van der Waals surface area contributed by atoms with Crippen LogP contribution < -0.4 is 4.90 Å². The van der Waals surface area contributed by atoms with Gasteiger partial charge in [0.05, 0.1) is 0 Å². The quantitative estimate of drug-likeness (QED) is 0.672. The van der Waals surface area contributed by atoms with E-state index in [1.807, 2.05) is 14.0 Å². The van der Waals surface area contributed by atoms with Crippen LogP contribution in [0.15, 0.2) is 6.07 Å². The highest BCUT2D eigenvalue weighted by molar-refractivity contribution is 6.29. The molecule has 0 aliphatic carbocycles. The molecule has 3 nitrogen and oxygen atoms in total. The van der Waals surface area contributed by atoms with Crippen LogP contribution in [0.5, 0.6) is 0 Å². The minimum Gasteiger partial charge on any atom is -0.355 e. The molecule has 0 atom stereocenters. The highest BCUT2D eigenvalue weighted by Gasteiger charge is 2.19. The first kappa shape index (κ1) is 11.2. The van der Waals surface area contributed by atoms with E-state index in [0.29, 0.717) is 11.0 Å². The molecule has 0 saturated heterocycles. The fourth-order valence-electron chi connectivity index (χ4n) is 1.03. The first-order valence-electron chi connectivity index (χ1n) is 4.56. The topological polar surface area (TPSA) is 29.0 Å². The Bertz CT molecular complexity index is 310. The molecular formula is C10H16ClN3. The van der Waals surface area contributed by atoms with Crippen molar-refractivity contribution in [2.24, 2.45) is 0 Å². The maximum atomic E-state index is 5.87. The van der Waals surface area contributed by atoms with Crippen LogP contribution in [0.4, 0.5) is 5.82 Å². The van der Waals surface area contributed by atoms with Gasteiger partial charge in [0.1, 0.15) is 16.8 Å². The van der Waals surface area contributed by atoms with E-state index in [1.165, 1.54) is 0 Å². The van der Waals surface area contributed by atoms with E-state index in [1.54, 1.807) is 6.07 Å². The molecule has 0 spiro atoms. The van der Waals surface area contributed by atoms with Gasteiger partial charge in [-0.3, -0.25) is 0 Å². The monoisotopic (exact) mass is 213 g/mol. The standard InChI is InChI=1S/C10H16ClN3/c1-7-12-8(11)6-9(13-7)14(5)10(2,3)4/h6H,1-5H3. The van der Waals surface area contributed by atoms with Crippen LogP contribution in [0.25, 0.3) is 0 Å². The molecule has 1 aromatic heterocycles. The van der Waals surface area contributed by atoms with E-state index in [9.17, 15) is 0 Å². The Morgan fingerprint density at radius 1 is 1.29 bits per heavy atom. The molecule has 1 aromatic rings. The van der Waals surface area contributed by atoms with Gasteiger partial charge in [-0.15, -0.1) is 0 Å². The average Bonchev–Trinajstić information content (AvgIpc) is 1.99. The van der Waals surface area contributed by atoms with Crippen LogP contribution in [0.2, 0.25) is 5.15 Å². The van der Waals surface area contributed by atoms with E-state index >= 15 is 0 Å². The van der Waals surface area contributed by atoms with Crippen LogP contribution >= 0.6 is 11.6 Å². The summed E-state index contributed by atoms with van der Waals surface area (Å²) < 4.78 is 0. The lowest BCUT2D eigenvalue weighted by atomic mass is 10.1. The second-order valence-electron chi connectivity index (χ2n) is 4.33. The maximum absolute atomic E-state index is 5.87. The summed E-state index contributed by atoms with van der Waals surface area (Å²) in [6, 6.07) is 1.78. The zero-order valence-electron chi connectivity index (χ0n) is 9.30. The minimum atomic E-state index is 0.0319. The van der Waals surface area contributed by atoms with Gasteiger partial charge in [-0.2, -0.15) is 0 Å². The molecule has 0 amide bonds. The van der Waals surface area contributed by atoms with E-state index in [2.05, 4.69) is 35.6 Å². The fourth-order valence-corrected chi connectivity index (χ4v) is 1.25. The molecule has 14 heavy (non-hydrogen) atoms. The Labute approximate surface area is 90.1 Å². The van der Waals surface area contributed by atoms with E-state index < -0.39 is 0 Å². The Kier molecular flexibility index (Phi) is 3.00. The molecule has 0 aliphatic rings. The van der Waals surface area contributed by atoms with Crippen molar-refractivity contribution in [3.05, 3.63) is 17.0 Å². The summed E-state index contributed by atoms with van der Waals surface area (Å²) in [5, 5.41) is 0.489. The zero-order valence-corrected chi connectivity index (χ0v) is 10.1. The summed E-state index contributed by atoms with van der Waals surface area (Å²) in [7, 11) is 2.00. The van der Waals surface area contributed by atoms with Crippen molar-refractivity contribution >= 4 is 17.4 Å². The largest absolute Gasteiger partial charge is 0.355 e. The van der Waals surface area contributed by atoms with Crippen LogP contribution in [-0.2, 0) is 0 Å². The lowest BCUT2D eigenvalue weighted by Crippen LogP contribution is -2.38. The van der Waals surface area contributed by atoms with Crippen molar-refractivity contribution in [1.29, 1.82) is 0 Å². The SMILES string of the molecule is Cc1nc(Cl)cc(N(C)C(C)(C)C)n1. The number of halogens is 1. The van der Waals surface area contributed by atoms with E-state index in [4.69, 9.17) is 11.6 Å². The minimum absolute atomic E-state index is 0.0319. The van der Waals surface area contributed by atoms with Gasteiger partial charge in [0.25, 0.3) is 0 Å². The van der Waals surface area contributed by atoms with Gasteiger partial charge < -0.3 is 4.90 Å². The van der Waals surface area contributed by atoms with Crippen molar-refractivity contribution in [2.45, 2.75) is 33.2 Å². The Hall–Kier alpha value is -0.830. The Morgan fingerprint density at radius 2 is 1.86 bits per heavy atom. The summed E-state index contributed by atoms with van der Waals surface area (Å²) in [6.45, 7) is 8.21. The highest BCUT2D eigenvalue weighted by Crippen LogP contribution is 2.21. The van der Waals surface area contributed by atoms with Crippen LogP contribution in [-0.4, -0.2) is 22.6 Å². The van der Waals surface area contributed by atoms with Gasteiger partial charge in [0, 0.05) is 18.7 Å². The number of rotatable bonds is 1. The first-order valence-corrected chi connectivity index (χ1v) is 4.93. The average molecular weight is 214 g/mol. The molecule has 0 unspecified atom stereocenters. The summed E-state index contributed by atoms with van der Waals surface area (Å²) in [5.41, 5.74) is 0.0319. The van der Waals surface area contributed by atoms with E-state index in [-0.39, 0.29) is 5.54 Å². The normalized spacial score (nSPS) is 11.6. The van der Waals surface area contributed by atoms with Crippen molar-refractivity contribution in [3.8, 4) is 0 Å². The molecule has 0 fully saturated rings. The molecular weight excluding hydrogens is 198 g/mol. The van der Waals surface area contributed by atoms with Crippen molar-refractivity contribution in [2.75, 3.05) is 11.9 Å². The zero-order chi connectivity index (χ0) is 10.9. The predicted octanol–water partition coefficient (Wildman–Crippen LogP) is 2.67. The second kappa shape index (κ2) is 3.73. The third-order valence-corrected chi connectivity index (χ3v) is 2.34. The van der Waals surface area contributed by atoms with Crippen molar-refractivity contribution < 1.29 is 0 Å². The van der Waals surface area contributed by atoms with Gasteiger partial charge >= 0.3 is 0 Å². The number of hydrogen-bond acceptors (Lipinski definition) is 3. The predicted molar refractivity (Wildman–Crippen MR) is 59.9 cm³/mol. The molecule has 0 aliphatic heterocycles. The summed E-state index contributed by atoms with van der Waals surface area (Å²) >= 11 is 5.87. The lowest BCUT2D eigenvalue weighted by Gasteiger charge is -2.33. The van der Waals surface area contributed by atoms with Gasteiger partial charge in [-0.25, -0.2) is 9.97 Å². The molecule has 0 aromatic carbocycles. The molecule has 0 radical (unpaired) electrons. The van der Waals surface area contributed by atoms with Crippen molar-refractivity contribution in [1.82, 2.24) is 9.97 Å². The number of nitrogens with zero attached hydrogens (tertiary/aromatic N) is 3. The fraction of sp³-hybridized carbons (Fsp3) is 0.600. The Balaban J connectivity index is 3.07. The highest BCUT2D eigenvalue weighted by atomic mass is 35.5. The van der Waals surface area contributed by atoms with Crippen molar-refractivity contribution in [3.63, 3.8) is 0 Å². The van der Waals surface area contributed by atoms with E-state index in [0.717, 1.165) is 5.82 Å². The molecule has 78 valence electrons. The third-order valence-electron chi connectivity index (χ3n) is 2.14. The molecule has 0 bridgehead atoms. The maximum Gasteiger partial charge on any atom is 0.134 e. The molecule has 1 heterocycles. The molecule has 0 saturated carbocycles. The number of aryl methyl sites for hydroxylation is 1. The lowest BCUT2D eigenvalue weighted by molar-refractivity contribution is 0.533. The second-order valence-corrected chi connectivity index (χ2v) is 4.71. The summed E-state index contributed by atoms with van der Waals surface area (Å²) in [6.07, 6.45) is 0. The Morgan fingerprint density at radius 3 is 2.29 bits per heavy atom. The van der Waals surface area contributed by atoms with Gasteiger partial charge in [-0.1, -0.05) is 11.6 Å². The molecule has 1 rings (SSSR count). The first-order chi connectivity index (χ1) is 6.30. The number of anilines is 1. The van der Waals surface area contributed by atoms with Gasteiger partial charge in [0.15, 0.2) is 0 Å². The van der Waals surface area contributed by atoms with Crippen LogP contribution in [0, 0.1) is 6.92 Å². The smallest absolute Gasteiger partial charge is 0.134 e. The van der Waals surface area contributed by atoms with Crippen LogP contribution in [0.1, 0.15) is 26.6 Å². The number of aromatic nitrogens is 2. The van der Waals surface area contributed by atoms with Crippen LogP contribution in [0.3, 0.4) is 0 Å². The molecule has 0 N–H and O–H groups in total. The summed E-state index contributed by atoms with van der Waals surface area (Å²) in [4.78, 5) is 10.4. The van der Waals surface area contributed by atoms with Gasteiger partial charge in [-0.05, 0) is 27.7 Å². The third kappa shape index (κ3) is 2.58. The number of hydrogen-bond donors (Lipinski definition) is 0. The van der Waals surface area contributed by atoms with Gasteiger partial charge in [0.2, 0.25) is 0 Å². The molecule has 4 heteroatoms.